The van der Waals surface area contributed by atoms with Crippen LogP contribution < -0.4 is 37.9 Å². The maximum atomic E-state index is 10.5. The third-order valence-corrected chi connectivity index (χ3v) is 29.1. The van der Waals surface area contributed by atoms with Gasteiger partial charge in [-0.25, -0.2) is 0 Å². The van der Waals surface area contributed by atoms with E-state index in [-0.39, 0.29) is 43.4 Å². The van der Waals surface area contributed by atoms with E-state index in [9.17, 15) is 10.2 Å². The quantitative estimate of drug-likeness (QED) is 0.0268. The van der Waals surface area contributed by atoms with Gasteiger partial charge in [0.1, 0.15) is 91.4 Å². The Balaban J connectivity index is 0.000000288. The van der Waals surface area contributed by atoms with Crippen molar-refractivity contribution in [2.24, 2.45) is 34.5 Å². The zero-order chi connectivity index (χ0) is 109. The van der Waals surface area contributed by atoms with E-state index in [1.165, 1.54) is 154 Å². The van der Waals surface area contributed by atoms with E-state index >= 15 is 0 Å². The molecule has 21 nitrogen and oxygen atoms in total. The Morgan fingerprint density at radius 3 is 0.753 bits per heavy atom. The molecule has 0 radical (unpaired) electrons. The summed E-state index contributed by atoms with van der Waals surface area (Å²) in [5, 5.41) is 20.8. The fourth-order valence-corrected chi connectivity index (χ4v) is 19.7. The van der Waals surface area contributed by atoms with Crippen LogP contribution in [0.15, 0.2) is 194 Å². The SMILES string of the molecule is CCOC1CCC(C(C)(C)C2CCC(OCC)CC2)CC1.CCOC1CCC(CC2CCC(OCC)CC2)CC1.CCOCCOC(C)COCC.CCOCOCC.CCOc1ccc(C(C)(C)c2ccc(OCC(O)COc3ccc(C(C)(C)c4ccc(OCC)cc4)cc3)cc2)cc1.CCOc1ccc(Cc2ccc(OCC(O)COc3ccc(Cc4ccc(OCC)cc4)cc3)cc2)cc1.COCCC(C)(C)CCOC. The summed E-state index contributed by atoms with van der Waals surface area (Å²) >= 11 is 0. The Morgan fingerprint density at radius 2 is 0.513 bits per heavy atom. The number of methoxy groups -OCH3 is 2. The molecule has 0 heterocycles. The largest absolute Gasteiger partial charge is 0.494 e. The molecule has 0 aliphatic heterocycles. The predicted molar refractivity (Wildman–Crippen MR) is 611 cm³/mol. The van der Waals surface area contributed by atoms with Crippen LogP contribution in [-0.2, 0) is 75.8 Å². The summed E-state index contributed by atoms with van der Waals surface area (Å²) in [7, 11) is 3.48. The Morgan fingerprint density at radius 1 is 0.267 bits per heavy atom. The minimum absolute atomic E-state index is 0.143. The summed E-state index contributed by atoms with van der Waals surface area (Å²) in [5.41, 5.74) is 10.1. The molecule has 0 aromatic heterocycles. The van der Waals surface area contributed by atoms with Crippen LogP contribution in [-0.4, -0.2) is 213 Å². The lowest BCUT2D eigenvalue weighted by molar-refractivity contribution is -0.0445. The van der Waals surface area contributed by atoms with Crippen molar-refractivity contribution < 1.29 is 100 Å². The highest BCUT2D eigenvalue weighted by Gasteiger charge is 2.41. The first kappa shape index (κ1) is 130. The van der Waals surface area contributed by atoms with Crippen LogP contribution in [0.1, 0.15) is 312 Å². The average Bonchev–Trinajstić information content (AvgIpc) is 0.807. The molecule has 12 rings (SSSR count). The van der Waals surface area contributed by atoms with Crippen molar-refractivity contribution in [2.75, 3.05) is 160 Å². The van der Waals surface area contributed by atoms with E-state index in [0.717, 1.165) is 150 Å². The molecule has 1 unspecified atom stereocenters. The fourth-order valence-electron chi connectivity index (χ4n) is 19.7. The first-order chi connectivity index (χ1) is 72.5. The summed E-state index contributed by atoms with van der Waals surface area (Å²) in [5.74, 6) is 10.1. The molecule has 4 saturated carbocycles. The highest BCUT2D eigenvalue weighted by atomic mass is 16.7. The van der Waals surface area contributed by atoms with Crippen molar-refractivity contribution in [1.82, 2.24) is 0 Å². The standard InChI is InChI=1S/C37H44O5.C33H36O5.C19H36O2.C17H32O2.C9H20O3.C9H20O2.C5H12O2/c1-7-39-32-17-9-27(10-18-32)36(3,4)29-13-21-34(22-14-29)41-25-31(38)26-42-35-23-15-30(16-24-35)37(5,6)28-11-19-33(20-12-28)40-8-2;1-3-35-30-13-5-25(6-14-30)21-27-9-17-32(18-10-27)37-23-29(34)24-38-33-19-11-28(12-20-33)22-26-7-15-31(16-8-26)36-4-2;1-5-20-17-11-7-15(8-12-17)19(3,4)16-9-13-18(14-10-16)21-6-2;1-3-18-16-9-5-14(6-10-16)13-15-7-11-17(12-8-15)19-4-2;1-4-10-6-7-12-9(3)8-11-5-2;1-9(2,5-7-10-3)6-8-11-4;1-3-6-5-7-4-2/h9-24,31,38H,7-8,25-26H2,1-6H3;5-20,29,34H,3-4,21-24H2,1-2H3;15-18H,5-14H2,1-4H3;14-17H,3-13H2,1-2H3;9H,4-8H2,1-3H3;5-8H2,1-4H3;3-5H2,1-2H3. The van der Waals surface area contributed by atoms with Crippen LogP contribution in [0.5, 0.6) is 46.0 Å². The normalized spacial score (nSPS) is 17.9. The number of hydrogen-bond acceptors (Lipinski definition) is 21. The maximum absolute atomic E-state index is 10.5. The summed E-state index contributed by atoms with van der Waals surface area (Å²) < 4.78 is 104. The summed E-state index contributed by atoms with van der Waals surface area (Å²) in [4.78, 5) is 0. The Kier molecular flexibility index (Phi) is 65.5. The second-order valence-corrected chi connectivity index (χ2v) is 42.0. The average molecular weight is 2090 g/mol. The van der Waals surface area contributed by atoms with Gasteiger partial charge < -0.3 is 100 Å². The molecule has 2 N–H and O–H groups in total. The molecule has 4 aliphatic carbocycles. The predicted octanol–water partition coefficient (Wildman–Crippen LogP) is 28.8. The molecule has 0 bridgehead atoms. The van der Waals surface area contributed by atoms with E-state index in [1.54, 1.807) is 14.2 Å². The molecule has 8 aromatic rings. The number of ether oxygens (including phenoxy) is 19. The summed E-state index contributed by atoms with van der Waals surface area (Å²) in [6, 6.07) is 64.8. The minimum Gasteiger partial charge on any atom is -0.494 e. The summed E-state index contributed by atoms with van der Waals surface area (Å²) in [6.07, 6.45) is 27.6. The van der Waals surface area contributed by atoms with Gasteiger partial charge >= 0.3 is 0 Å². The van der Waals surface area contributed by atoms with Crippen molar-refractivity contribution in [1.29, 1.82) is 0 Å². The van der Waals surface area contributed by atoms with Gasteiger partial charge in [-0.05, 0) is 401 Å². The highest BCUT2D eigenvalue weighted by Crippen LogP contribution is 2.50. The third-order valence-electron chi connectivity index (χ3n) is 29.1. The lowest BCUT2D eigenvalue weighted by atomic mass is 9.60. The van der Waals surface area contributed by atoms with Gasteiger partial charge in [0, 0.05) is 91.1 Å². The number of hydrogen-bond donors (Lipinski definition) is 2. The fraction of sp³-hybridized carbons (Fsp3) is 0.628. The Hall–Kier alpha value is -8.36. The molecule has 4 aliphatic rings. The van der Waals surface area contributed by atoms with Gasteiger partial charge in [0.15, 0.2) is 0 Å². The van der Waals surface area contributed by atoms with Crippen LogP contribution >= 0.6 is 0 Å². The van der Waals surface area contributed by atoms with E-state index < -0.39 is 12.2 Å². The minimum atomic E-state index is -0.759. The Labute approximate surface area is 907 Å². The molecule has 8 aromatic carbocycles. The van der Waals surface area contributed by atoms with Crippen molar-refractivity contribution in [3.8, 4) is 46.0 Å². The molecular weight excluding hydrogens is 1890 g/mol. The molecular formula is C129H200O21. The van der Waals surface area contributed by atoms with E-state index in [0.29, 0.717) is 99.8 Å². The van der Waals surface area contributed by atoms with Crippen LogP contribution in [0.2, 0.25) is 0 Å². The van der Waals surface area contributed by atoms with Crippen molar-refractivity contribution in [2.45, 2.75) is 334 Å². The van der Waals surface area contributed by atoms with Gasteiger partial charge in [-0.3, -0.25) is 0 Å². The monoisotopic (exact) mass is 2090 g/mol. The van der Waals surface area contributed by atoms with Gasteiger partial charge in [0.2, 0.25) is 0 Å². The van der Waals surface area contributed by atoms with Gasteiger partial charge in [-0.2, -0.15) is 0 Å². The molecule has 0 spiro atoms. The molecule has 1 atom stereocenters. The zero-order valence-electron chi connectivity index (χ0n) is 96.9. The molecule has 21 heteroatoms. The van der Waals surface area contributed by atoms with E-state index in [1.807, 2.05) is 184 Å². The zero-order valence-corrected chi connectivity index (χ0v) is 96.9. The van der Waals surface area contributed by atoms with Crippen LogP contribution in [0.3, 0.4) is 0 Å². The van der Waals surface area contributed by atoms with Crippen molar-refractivity contribution in [3.05, 3.63) is 239 Å². The topological polar surface area (TPSA) is 216 Å². The van der Waals surface area contributed by atoms with Gasteiger partial charge in [0.25, 0.3) is 0 Å². The lowest BCUT2D eigenvalue weighted by Gasteiger charge is -2.46. The number of aliphatic hydroxyl groups is 2. The second-order valence-electron chi connectivity index (χ2n) is 42.0. The molecule has 150 heavy (non-hydrogen) atoms. The molecule has 0 amide bonds. The highest BCUT2D eigenvalue weighted by molar-refractivity contribution is 5.44. The molecule has 4 fully saturated rings. The molecule has 0 saturated heterocycles. The van der Waals surface area contributed by atoms with Crippen LogP contribution in [0.4, 0.5) is 0 Å². The number of aliphatic hydroxyl groups excluding tert-OH is 2. The second kappa shape index (κ2) is 75.5. The lowest BCUT2D eigenvalue weighted by Crippen LogP contribution is -2.39. The van der Waals surface area contributed by atoms with Gasteiger partial charge in [-0.15, -0.1) is 0 Å². The van der Waals surface area contributed by atoms with Gasteiger partial charge in [0.05, 0.1) is 76.8 Å². The first-order valence-electron chi connectivity index (χ1n) is 57.0. The van der Waals surface area contributed by atoms with E-state index in [4.69, 9.17) is 90.0 Å². The smallest absolute Gasteiger partial charge is 0.146 e. The number of benzene rings is 8. The number of rotatable bonds is 58. The summed E-state index contributed by atoms with van der Waals surface area (Å²) in [6.45, 7) is 58.5. The maximum Gasteiger partial charge on any atom is 0.146 e. The van der Waals surface area contributed by atoms with Crippen molar-refractivity contribution >= 4 is 0 Å². The third kappa shape index (κ3) is 51.8. The first-order valence-corrected chi connectivity index (χ1v) is 57.0. The van der Waals surface area contributed by atoms with Crippen LogP contribution in [0.25, 0.3) is 0 Å². The Bertz CT molecular complexity index is 4300. The van der Waals surface area contributed by atoms with Crippen molar-refractivity contribution in [3.63, 3.8) is 0 Å². The van der Waals surface area contributed by atoms with Gasteiger partial charge in [-0.1, -0.05) is 152 Å². The van der Waals surface area contributed by atoms with Crippen LogP contribution in [0, 0.1) is 34.5 Å². The molecule has 842 valence electrons. The van der Waals surface area contributed by atoms with E-state index in [2.05, 4.69) is 156 Å².